The molecule has 3 fully saturated rings. The average Bonchev–Trinajstić information content (AvgIpc) is 3.01. The standard InChI is InChI=1S/C12H18N4O5/c17-8-3-9(10(18)19)16(6-8)12(21)14-1-2-15-7(5-14)4-13-11(15)20/h7-9,17H,1-6H2,(H,13,20)(H,18,19)/t7?,8-,9-/m1/s1. The number of nitrogens with zero attached hydrogens (tertiary/aromatic N) is 3. The van der Waals surface area contributed by atoms with Gasteiger partial charge >= 0.3 is 18.0 Å². The number of hydrogen-bond acceptors (Lipinski definition) is 4. The number of amides is 4. The highest BCUT2D eigenvalue weighted by Crippen LogP contribution is 2.22. The minimum absolute atomic E-state index is 0.0395. The van der Waals surface area contributed by atoms with Crippen molar-refractivity contribution in [3.8, 4) is 0 Å². The highest BCUT2D eigenvalue weighted by atomic mass is 16.4. The SMILES string of the molecule is O=C(O)[C@H]1C[C@@H](O)CN1C(=O)N1CCN2C(=O)NCC2C1. The van der Waals surface area contributed by atoms with E-state index in [4.69, 9.17) is 5.11 Å². The molecule has 9 heteroatoms. The first-order valence-corrected chi connectivity index (χ1v) is 6.98. The molecule has 3 atom stereocenters. The number of carboxylic acid groups (broad SMARTS) is 1. The predicted molar refractivity (Wildman–Crippen MR) is 69.6 cm³/mol. The Hall–Kier alpha value is -2.03. The molecule has 116 valence electrons. The molecule has 0 spiro atoms. The van der Waals surface area contributed by atoms with Gasteiger partial charge in [0.05, 0.1) is 12.1 Å². The number of aliphatic hydroxyl groups is 1. The number of β-amino-alcohol motifs (C(OH)–C–C–N with tert-alkyl or cyclic N) is 1. The Morgan fingerprint density at radius 2 is 2.00 bits per heavy atom. The number of hydrogen-bond donors (Lipinski definition) is 3. The second-order valence-electron chi connectivity index (χ2n) is 5.66. The number of nitrogens with one attached hydrogen (secondary N) is 1. The number of carbonyl (C=O) groups is 3. The molecule has 4 amide bonds. The lowest BCUT2D eigenvalue weighted by atomic mass is 10.2. The normalized spacial score (nSPS) is 32.1. The van der Waals surface area contributed by atoms with Crippen LogP contribution >= 0.6 is 0 Å². The second-order valence-corrected chi connectivity index (χ2v) is 5.66. The molecular formula is C12H18N4O5. The van der Waals surface area contributed by atoms with Gasteiger partial charge in [0.1, 0.15) is 6.04 Å². The Kier molecular flexibility index (Phi) is 3.36. The Labute approximate surface area is 121 Å². The molecule has 0 aromatic rings. The van der Waals surface area contributed by atoms with E-state index < -0.39 is 18.1 Å². The van der Waals surface area contributed by atoms with E-state index in [0.717, 1.165) is 0 Å². The molecule has 3 aliphatic rings. The summed E-state index contributed by atoms with van der Waals surface area (Å²) in [6.07, 6.45) is -0.740. The molecule has 1 unspecified atom stereocenters. The minimum Gasteiger partial charge on any atom is -0.480 e. The van der Waals surface area contributed by atoms with Gasteiger partial charge in [-0.3, -0.25) is 0 Å². The third-order valence-corrected chi connectivity index (χ3v) is 4.31. The first-order valence-electron chi connectivity index (χ1n) is 6.98. The molecule has 9 nitrogen and oxygen atoms in total. The summed E-state index contributed by atoms with van der Waals surface area (Å²) in [6, 6.07) is -1.54. The number of aliphatic carboxylic acids is 1. The van der Waals surface area contributed by atoms with Gasteiger partial charge in [-0.2, -0.15) is 0 Å². The van der Waals surface area contributed by atoms with Crippen LogP contribution in [0, 0.1) is 0 Å². The molecule has 3 rings (SSSR count). The monoisotopic (exact) mass is 298 g/mol. The summed E-state index contributed by atoms with van der Waals surface area (Å²) >= 11 is 0. The minimum atomic E-state index is -1.10. The molecule has 0 aromatic carbocycles. The molecule has 3 heterocycles. The zero-order valence-corrected chi connectivity index (χ0v) is 11.4. The van der Waals surface area contributed by atoms with Crippen LogP contribution in [0.15, 0.2) is 0 Å². The van der Waals surface area contributed by atoms with Gasteiger partial charge in [-0.15, -0.1) is 0 Å². The fourth-order valence-corrected chi connectivity index (χ4v) is 3.22. The van der Waals surface area contributed by atoms with Gasteiger partial charge in [0.25, 0.3) is 0 Å². The number of likely N-dealkylation sites (tertiary alicyclic amines) is 1. The molecular weight excluding hydrogens is 280 g/mol. The number of fused-ring (bicyclic) bond motifs is 1. The van der Waals surface area contributed by atoms with Gasteiger partial charge in [0.15, 0.2) is 0 Å². The Morgan fingerprint density at radius 1 is 1.24 bits per heavy atom. The number of urea groups is 2. The molecule has 21 heavy (non-hydrogen) atoms. The van der Waals surface area contributed by atoms with Gasteiger partial charge in [-0.25, -0.2) is 14.4 Å². The van der Waals surface area contributed by atoms with Crippen molar-refractivity contribution in [3.05, 3.63) is 0 Å². The lowest BCUT2D eigenvalue weighted by molar-refractivity contribution is -0.141. The molecule has 0 saturated carbocycles. The molecule has 0 bridgehead atoms. The smallest absolute Gasteiger partial charge is 0.326 e. The van der Waals surface area contributed by atoms with Crippen LogP contribution in [0.1, 0.15) is 6.42 Å². The fraction of sp³-hybridized carbons (Fsp3) is 0.750. The average molecular weight is 298 g/mol. The first kappa shape index (κ1) is 13.9. The quantitative estimate of drug-likeness (QED) is 0.536. The van der Waals surface area contributed by atoms with Crippen molar-refractivity contribution in [1.29, 1.82) is 0 Å². The Morgan fingerprint density at radius 3 is 2.71 bits per heavy atom. The van der Waals surface area contributed by atoms with Gasteiger partial charge in [0.2, 0.25) is 0 Å². The largest absolute Gasteiger partial charge is 0.480 e. The number of carbonyl (C=O) groups excluding carboxylic acids is 2. The summed E-state index contributed by atoms with van der Waals surface area (Å²) in [6.45, 7) is 1.74. The molecule has 0 aliphatic carbocycles. The van der Waals surface area contributed by atoms with E-state index in [1.54, 1.807) is 9.80 Å². The number of carboxylic acids is 1. The third kappa shape index (κ3) is 2.37. The van der Waals surface area contributed by atoms with Crippen molar-refractivity contribution >= 4 is 18.0 Å². The summed E-state index contributed by atoms with van der Waals surface area (Å²) in [7, 11) is 0. The topological polar surface area (TPSA) is 113 Å². The van der Waals surface area contributed by atoms with Crippen molar-refractivity contribution in [2.24, 2.45) is 0 Å². The van der Waals surface area contributed by atoms with Crippen molar-refractivity contribution in [2.75, 3.05) is 32.7 Å². The van der Waals surface area contributed by atoms with Crippen LogP contribution < -0.4 is 5.32 Å². The maximum Gasteiger partial charge on any atom is 0.326 e. The van der Waals surface area contributed by atoms with Crippen LogP contribution in [0.2, 0.25) is 0 Å². The predicted octanol–water partition coefficient (Wildman–Crippen LogP) is -1.66. The van der Waals surface area contributed by atoms with Crippen LogP contribution in [0.4, 0.5) is 9.59 Å². The zero-order chi connectivity index (χ0) is 15.1. The number of aliphatic hydroxyl groups excluding tert-OH is 1. The summed E-state index contributed by atoms with van der Waals surface area (Å²) in [5.74, 6) is -1.10. The van der Waals surface area contributed by atoms with E-state index >= 15 is 0 Å². The van der Waals surface area contributed by atoms with Crippen LogP contribution in [0.3, 0.4) is 0 Å². The van der Waals surface area contributed by atoms with E-state index in [1.165, 1.54) is 4.90 Å². The Bertz CT molecular complexity index is 484. The maximum atomic E-state index is 12.5. The molecule has 3 N–H and O–H groups in total. The van der Waals surface area contributed by atoms with E-state index in [1.807, 2.05) is 0 Å². The summed E-state index contributed by atoms with van der Waals surface area (Å²) in [5.41, 5.74) is 0. The van der Waals surface area contributed by atoms with Gasteiger partial charge < -0.3 is 30.2 Å². The molecule has 0 radical (unpaired) electrons. The molecule has 3 aliphatic heterocycles. The van der Waals surface area contributed by atoms with Crippen LogP contribution in [-0.2, 0) is 4.79 Å². The van der Waals surface area contributed by atoms with Crippen LogP contribution in [0.25, 0.3) is 0 Å². The second kappa shape index (κ2) is 5.06. The number of rotatable bonds is 1. The highest BCUT2D eigenvalue weighted by Gasteiger charge is 2.43. The Balaban J connectivity index is 1.68. The van der Waals surface area contributed by atoms with E-state index in [-0.39, 0.29) is 31.1 Å². The van der Waals surface area contributed by atoms with Gasteiger partial charge in [-0.1, -0.05) is 0 Å². The van der Waals surface area contributed by atoms with Crippen molar-refractivity contribution in [3.63, 3.8) is 0 Å². The van der Waals surface area contributed by atoms with E-state index in [9.17, 15) is 19.5 Å². The van der Waals surface area contributed by atoms with Gasteiger partial charge in [0, 0.05) is 39.1 Å². The summed E-state index contributed by atoms with van der Waals surface area (Å²) in [5, 5.41) is 21.5. The van der Waals surface area contributed by atoms with Crippen molar-refractivity contribution < 1.29 is 24.6 Å². The molecule has 3 saturated heterocycles. The highest BCUT2D eigenvalue weighted by molar-refractivity contribution is 5.84. The number of piperazine rings is 1. The van der Waals surface area contributed by atoms with Crippen LogP contribution in [0.5, 0.6) is 0 Å². The fourth-order valence-electron chi connectivity index (χ4n) is 3.22. The van der Waals surface area contributed by atoms with Crippen LogP contribution in [-0.4, -0.2) is 93.9 Å². The maximum absolute atomic E-state index is 12.5. The summed E-state index contributed by atoms with van der Waals surface area (Å²) < 4.78 is 0. The molecule has 0 aromatic heterocycles. The van der Waals surface area contributed by atoms with E-state index in [2.05, 4.69) is 5.32 Å². The van der Waals surface area contributed by atoms with E-state index in [0.29, 0.717) is 26.2 Å². The van der Waals surface area contributed by atoms with Gasteiger partial charge in [-0.05, 0) is 0 Å². The summed E-state index contributed by atoms with van der Waals surface area (Å²) in [4.78, 5) is 39.7. The lowest BCUT2D eigenvalue weighted by Crippen LogP contribution is -2.57. The third-order valence-electron chi connectivity index (χ3n) is 4.31. The lowest BCUT2D eigenvalue weighted by Gasteiger charge is -2.38. The van der Waals surface area contributed by atoms with Crippen molar-refractivity contribution in [1.82, 2.24) is 20.0 Å². The zero-order valence-electron chi connectivity index (χ0n) is 11.4. The van der Waals surface area contributed by atoms with Crippen molar-refractivity contribution in [2.45, 2.75) is 24.6 Å². The first-order chi connectivity index (χ1) is 9.97.